The molecule has 1 fully saturated rings. The summed E-state index contributed by atoms with van der Waals surface area (Å²) < 4.78 is 60.8. The highest BCUT2D eigenvalue weighted by Gasteiger charge is 2.41. The molecule has 1 amide bonds. The summed E-state index contributed by atoms with van der Waals surface area (Å²) in [5.74, 6) is 2.63. The van der Waals surface area contributed by atoms with E-state index in [1.165, 1.54) is 4.31 Å². The summed E-state index contributed by atoms with van der Waals surface area (Å²) in [5, 5.41) is 2.96. The Bertz CT molecular complexity index is 1640. The largest absolute Gasteiger partial charge is 0.493 e. The first kappa shape index (κ1) is 31.2. The standard InChI is InChI=1S/C33H39N3O8S/c1-40-28-9-8-25-21-30(28)43-16-4-12-34-32(37)10-7-23-5-3-6-26(19-23)44-31-20-24-11-13-36(33(25)27(24)22-29(31)41-2)45(38,39)35-14-17-42-18-15-35/h3,5-6,8-9,19-22,33H,4,7,10-18H2,1-2H3,(H,34,37). The van der Waals surface area contributed by atoms with Crippen LogP contribution in [0.5, 0.6) is 28.7 Å². The molecule has 11 nitrogen and oxygen atoms in total. The first-order valence-electron chi connectivity index (χ1n) is 15.3. The van der Waals surface area contributed by atoms with Crippen molar-refractivity contribution >= 4 is 16.1 Å². The van der Waals surface area contributed by atoms with Gasteiger partial charge >= 0.3 is 0 Å². The van der Waals surface area contributed by atoms with Crippen LogP contribution in [-0.4, -0.2) is 83.2 Å². The van der Waals surface area contributed by atoms with E-state index in [1.807, 2.05) is 48.5 Å². The van der Waals surface area contributed by atoms with Gasteiger partial charge in [-0.1, -0.05) is 18.2 Å². The molecule has 0 aliphatic carbocycles. The molecule has 4 aliphatic heterocycles. The third-order valence-corrected chi connectivity index (χ3v) is 10.4. The molecule has 3 aromatic rings. The molecule has 1 saturated heterocycles. The maximum Gasteiger partial charge on any atom is 0.283 e. The molecular weight excluding hydrogens is 598 g/mol. The Hall–Kier alpha value is -3.84. The van der Waals surface area contributed by atoms with E-state index in [0.29, 0.717) is 93.9 Å². The van der Waals surface area contributed by atoms with Crippen LogP contribution < -0.4 is 24.3 Å². The Labute approximate surface area is 264 Å². The van der Waals surface area contributed by atoms with Crippen molar-refractivity contribution in [1.82, 2.24) is 13.9 Å². The summed E-state index contributed by atoms with van der Waals surface area (Å²) in [6.07, 6.45) is 2.00. The van der Waals surface area contributed by atoms with E-state index < -0.39 is 16.3 Å². The average Bonchev–Trinajstić information content (AvgIpc) is 3.06. The smallest absolute Gasteiger partial charge is 0.283 e. The van der Waals surface area contributed by atoms with E-state index in [9.17, 15) is 13.2 Å². The van der Waals surface area contributed by atoms with Gasteiger partial charge in [0, 0.05) is 32.6 Å². The van der Waals surface area contributed by atoms with E-state index in [2.05, 4.69) is 5.32 Å². The Balaban J connectivity index is 1.47. The number of hydrogen-bond acceptors (Lipinski definition) is 8. The second kappa shape index (κ2) is 13.7. The Kier molecular flexibility index (Phi) is 9.45. The lowest BCUT2D eigenvalue weighted by Gasteiger charge is -2.40. The zero-order chi connectivity index (χ0) is 31.4. The van der Waals surface area contributed by atoms with Crippen LogP contribution in [0.15, 0.2) is 54.6 Å². The highest BCUT2D eigenvalue weighted by molar-refractivity contribution is 7.86. The molecule has 12 heteroatoms. The minimum atomic E-state index is -3.86. The van der Waals surface area contributed by atoms with Gasteiger partial charge in [0.1, 0.15) is 5.75 Å². The normalized spacial score (nSPS) is 20.0. The Morgan fingerprint density at radius 2 is 1.69 bits per heavy atom. The lowest BCUT2D eigenvalue weighted by molar-refractivity contribution is -0.121. The molecule has 1 unspecified atom stereocenters. The summed E-state index contributed by atoms with van der Waals surface area (Å²) in [7, 11) is -0.721. The van der Waals surface area contributed by atoms with Gasteiger partial charge in [-0.2, -0.15) is 17.0 Å². The predicted octanol–water partition coefficient (Wildman–Crippen LogP) is 3.85. The molecule has 1 atom stereocenters. The van der Waals surface area contributed by atoms with Crippen molar-refractivity contribution < 1.29 is 36.9 Å². The molecule has 4 aliphatic rings. The minimum absolute atomic E-state index is 0.0382. The molecule has 0 saturated carbocycles. The van der Waals surface area contributed by atoms with Crippen molar-refractivity contribution in [2.45, 2.75) is 31.7 Å². The number of nitrogens with one attached hydrogen (secondary N) is 1. The summed E-state index contributed by atoms with van der Waals surface area (Å²) in [4.78, 5) is 12.5. The van der Waals surface area contributed by atoms with Crippen LogP contribution >= 0.6 is 0 Å². The number of ether oxygens (including phenoxy) is 5. The molecule has 0 spiro atoms. The lowest BCUT2D eigenvalue weighted by atomic mass is 9.89. The minimum Gasteiger partial charge on any atom is -0.493 e. The molecular formula is C33H39N3O8S. The van der Waals surface area contributed by atoms with E-state index in [-0.39, 0.29) is 12.5 Å². The zero-order valence-electron chi connectivity index (χ0n) is 25.6. The SMILES string of the molecule is COc1ccc2cc1OCCCNC(=O)CCc1cccc(c1)Oc1cc3c(cc1OC)C2N(S(=O)(=O)N1CCOCC1)CC3. The van der Waals surface area contributed by atoms with E-state index in [0.717, 1.165) is 22.3 Å². The second-order valence-electron chi connectivity index (χ2n) is 11.2. The Morgan fingerprint density at radius 1 is 0.867 bits per heavy atom. The first-order chi connectivity index (χ1) is 21.9. The highest BCUT2D eigenvalue weighted by atomic mass is 32.2. The molecule has 8 bridgehead atoms. The van der Waals surface area contributed by atoms with E-state index in [4.69, 9.17) is 23.7 Å². The topological polar surface area (TPSA) is 116 Å². The monoisotopic (exact) mass is 637 g/mol. The predicted molar refractivity (Wildman–Crippen MR) is 168 cm³/mol. The number of carbonyl (C=O) groups excluding carboxylic acids is 1. The lowest BCUT2D eigenvalue weighted by Crippen LogP contribution is -2.51. The van der Waals surface area contributed by atoms with Crippen molar-refractivity contribution in [3.63, 3.8) is 0 Å². The molecule has 7 rings (SSSR count). The van der Waals surface area contributed by atoms with Gasteiger partial charge in [0.2, 0.25) is 5.91 Å². The second-order valence-corrected chi connectivity index (χ2v) is 13.1. The van der Waals surface area contributed by atoms with Crippen LogP contribution in [0.25, 0.3) is 0 Å². The van der Waals surface area contributed by atoms with Crippen LogP contribution in [-0.2, 0) is 32.6 Å². The molecule has 45 heavy (non-hydrogen) atoms. The molecule has 3 aromatic carbocycles. The van der Waals surface area contributed by atoms with Crippen molar-refractivity contribution in [3.05, 3.63) is 76.9 Å². The molecule has 0 aromatic heterocycles. The van der Waals surface area contributed by atoms with Gasteiger partial charge < -0.3 is 29.0 Å². The molecule has 1 N–H and O–H groups in total. The van der Waals surface area contributed by atoms with Crippen molar-refractivity contribution in [1.29, 1.82) is 0 Å². The maximum atomic E-state index is 14.2. The fraction of sp³-hybridized carbons (Fsp3) is 0.424. The van der Waals surface area contributed by atoms with E-state index >= 15 is 0 Å². The number of benzene rings is 3. The van der Waals surface area contributed by atoms with Gasteiger partial charge in [-0.3, -0.25) is 4.79 Å². The molecule has 4 heterocycles. The zero-order valence-corrected chi connectivity index (χ0v) is 26.4. The number of methoxy groups -OCH3 is 2. The van der Waals surface area contributed by atoms with Gasteiger partial charge in [0.05, 0.1) is 40.1 Å². The highest BCUT2D eigenvalue weighted by Crippen LogP contribution is 2.45. The van der Waals surface area contributed by atoms with Crippen molar-refractivity contribution in [2.24, 2.45) is 0 Å². The van der Waals surface area contributed by atoms with Crippen LogP contribution in [0.4, 0.5) is 0 Å². The van der Waals surface area contributed by atoms with Crippen molar-refractivity contribution in [2.75, 3.05) is 60.2 Å². The first-order valence-corrected chi connectivity index (χ1v) is 16.7. The summed E-state index contributed by atoms with van der Waals surface area (Å²) in [5.41, 5.74) is 3.48. The number of fused-ring (bicyclic) bond motifs is 8. The third-order valence-electron chi connectivity index (χ3n) is 8.37. The van der Waals surface area contributed by atoms with Crippen LogP contribution in [0.2, 0.25) is 0 Å². The van der Waals surface area contributed by atoms with E-state index in [1.54, 1.807) is 24.6 Å². The number of hydrogen-bond donors (Lipinski definition) is 1. The fourth-order valence-corrected chi connectivity index (χ4v) is 7.79. The average molecular weight is 638 g/mol. The maximum absolute atomic E-state index is 14.2. The molecule has 240 valence electrons. The summed E-state index contributed by atoms with van der Waals surface area (Å²) in [6.45, 7) is 2.37. The number of aryl methyl sites for hydroxylation is 1. The van der Waals surface area contributed by atoms with Crippen LogP contribution in [0.1, 0.15) is 41.1 Å². The van der Waals surface area contributed by atoms with Gasteiger partial charge in [-0.25, -0.2) is 0 Å². The number of amides is 1. The van der Waals surface area contributed by atoms with Gasteiger partial charge in [0.25, 0.3) is 10.2 Å². The number of rotatable bonds is 4. The van der Waals surface area contributed by atoms with Gasteiger partial charge in [0.15, 0.2) is 23.0 Å². The molecule has 0 radical (unpaired) electrons. The van der Waals surface area contributed by atoms with Crippen molar-refractivity contribution in [3.8, 4) is 28.7 Å². The van der Waals surface area contributed by atoms with Crippen LogP contribution in [0, 0.1) is 0 Å². The summed E-state index contributed by atoms with van der Waals surface area (Å²) >= 11 is 0. The fourth-order valence-electron chi connectivity index (χ4n) is 6.06. The quantitative estimate of drug-likeness (QED) is 0.459. The number of carbonyl (C=O) groups is 1. The summed E-state index contributed by atoms with van der Waals surface area (Å²) in [6, 6.07) is 16.4. The number of nitrogens with zero attached hydrogens (tertiary/aromatic N) is 2. The third kappa shape index (κ3) is 6.74. The van der Waals surface area contributed by atoms with Gasteiger partial charge in [-0.15, -0.1) is 0 Å². The number of morpholine rings is 1. The van der Waals surface area contributed by atoms with Gasteiger partial charge in [-0.05, 0) is 77.9 Å². The van der Waals surface area contributed by atoms with Crippen LogP contribution in [0.3, 0.4) is 0 Å². The Morgan fingerprint density at radius 3 is 2.49 bits per heavy atom.